The van der Waals surface area contributed by atoms with Gasteiger partial charge >= 0.3 is 0 Å². The van der Waals surface area contributed by atoms with Crippen LogP contribution in [0.25, 0.3) is 0 Å². The summed E-state index contributed by atoms with van der Waals surface area (Å²) in [6.07, 6.45) is 1.89. The first kappa shape index (κ1) is 11.5. The van der Waals surface area contributed by atoms with E-state index in [0.29, 0.717) is 13.2 Å². The van der Waals surface area contributed by atoms with Crippen LogP contribution in [0.2, 0.25) is 0 Å². The molecule has 0 aromatic carbocycles. The van der Waals surface area contributed by atoms with Gasteiger partial charge in [0.25, 0.3) is 0 Å². The molecule has 1 rings (SSSR count). The van der Waals surface area contributed by atoms with Crippen molar-refractivity contribution in [3.8, 4) is 0 Å². The Morgan fingerprint density at radius 1 is 1.64 bits per heavy atom. The SMILES string of the molecule is CCCCOC[C@H]1CNC(=O)[C@@H](C)O1. The van der Waals surface area contributed by atoms with Crippen molar-refractivity contribution in [2.45, 2.75) is 38.9 Å². The lowest BCUT2D eigenvalue weighted by Crippen LogP contribution is -2.49. The lowest BCUT2D eigenvalue weighted by molar-refractivity contribution is -0.146. The molecule has 1 amide bonds. The fourth-order valence-corrected chi connectivity index (χ4v) is 1.32. The van der Waals surface area contributed by atoms with E-state index in [0.717, 1.165) is 19.4 Å². The zero-order valence-electron chi connectivity index (χ0n) is 8.91. The van der Waals surface area contributed by atoms with Crippen molar-refractivity contribution in [1.29, 1.82) is 0 Å². The molecule has 0 aromatic rings. The van der Waals surface area contributed by atoms with Crippen LogP contribution in [0.4, 0.5) is 0 Å². The Morgan fingerprint density at radius 3 is 3.07 bits per heavy atom. The second-order valence-electron chi connectivity index (χ2n) is 3.57. The van der Waals surface area contributed by atoms with E-state index in [-0.39, 0.29) is 18.1 Å². The van der Waals surface area contributed by atoms with Crippen molar-refractivity contribution in [2.75, 3.05) is 19.8 Å². The number of ether oxygens (including phenoxy) is 2. The molecule has 0 bridgehead atoms. The highest BCUT2D eigenvalue weighted by molar-refractivity contribution is 5.80. The van der Waals surface area contributed by atoms with Crippen molar-refractivity contribution in [2.24, 2.45) is 0 Å². The van der Waals surface area contributed by atoms with E-state index in [2.05, 4.69) is 12.2 Å². The fraction of sp³-hybridized carbons (Fsp3) is 0.900. The van der Waals surface area contributed by atoms with Crippen molar-refractivity contribution in [3.05, 3.63) is 0 Å². The Morgan fingerprint density at radius 2 is 2.43 bits per heavy atom. The Bertz CT molecular complexity index is 184. The predicted molar refractivity (Wildman–Crippen MR) is 53.1 cm³/mol. The smallest absolute Gasteiger partial charge is 0.248 e. The molecule has 1 aliphatic rings. The Balaban J connectivity index is 2.10. The number of unbranched alkanes of at least 4 members (excludes halogenated alkanes) is 1. The summed E-state index contributed by atoms with van der Waals surface area (Å²) >= 11 is 0. The van der Waals surface area contributed by atoms with Gasteiger partial charge in [-0.05, 0) is 13.3 Å². The number of hydrogen-bond acceptors (Lipinski definition) is 3. The third-order valence-electron chi connectivity index (χ3n) is 2.22. The maximum Gasteiger partial charge on any atom is 0.248 e. The highest BCUT2D eigenvalue weighted by Gasteiger charge is 2.25. The molecule has 1 saturated heterocycles. The van der Waals surface area contributed by atoms with E-state index in [4.69, 9.17) is 9.47 Å². The van der Waals surface area contributed by atoms with Crippen molar-refractivity contribution in [3.63, 3.8) is 0 Å². The average Bonchev–Trinajstić information content (AvgIpc) is 2.18. The molecule has 0 saturated carbocycles. The summed E-state index contributed by atoms with van der Waals surface area (Å²) in [6, 6.07) is 0. The van der Waals surface area contributed by atoms with Gasteiger partial charge in [0.05, 0.1) is 12.7 Å². The summed E-state index contributed by atoms with van der Waals surface area (Å²) in [5.74, 6) is -0.0326. The molecule has 0 aromatic heterocycles. The van der Waals surface area contributed by atoms with Crippen molar-refractivity contribution in [1.82, 2.24) is 5.32 Å². The van der Waals surface area contributed by atoms with E-state index < -0.39 is 0 Å². The van der Waals surface area contributed by atoms with Crippen LogP contribution in [0.5, 0.6) is 0 Å². The molecular formula is C10H19NO3. The minimum Gasteiger partial charge on any atom is -0.379 e. The molecule has 4 heteroatoms. The Labute approximate surface area is 85.0 Å². The topological polar surface area (TPSA) is 47.6 Å². The summed E-state index contributed by atoms with van der Waals surface area (Å²) in [5.41, 5.74) is 0. The molecule has 0 unspecified atom stereocenters. The maximum atomic E-state index is 11.0. The molecule has 1 aliphatic heterocycles. The molecular weight excluding hydrogens is 182 g/mol. The van der Waals surface area contributed by atoms with Gasteiger partial charge in [-0.25, -0.2) is 0 Å². The number of carbonyl (C=O) groups excluding carboxylic acids is 1. The number of nitrogens with one attached hydrogen (secondary N) is 1. The summed E-state index contributed by atoms with van der Waals surface area (Å²) in [5, 5.41) is 2.78. The Hall–Kier alpha value is -0.610. The molecule has 1 N–H and O–H groups in total. The zero-order chi connectivity index (χ0) is 10.4. The molecule has 0 spiro atoms. The van der Waals surface area contributed by atoms with Crippen LogP contribution in [-0.2, 0) is 14.3 Å². The summed E-state index contributed by atoms with van der Waals surface area (Å²) in [4.78, 5) is 11.0. The van der Waals surface area contributed by atoms with Crippen LogP contribution >= 0.6 is 0 Å². The quantitative estimate of drug-likeness (QED) is 0.666. The van der Waals surface area contributed by atoms with Crippen LogP contribution < -0.4 is 5.32 Å². The Kier molecular flexibility index (Phi) is 4.90. The van der Waals surface area contributed by atoms with Crippen molar-refractivity contribution < 1.29 is 14.3 Å². The van der Waals surface area contributed by atoms with Crippen LogP contribution in [-0.4, -0.2) is 37.9 Å². The summed E-state index contributed by atoms with van der Waals surface area (Å²) in [6.45, 7) is 5.80. The zero-order valence-corrected chi connectivity index (χ0v) is 8.91. The molecule has 1 fully saturated rings. The van der Waals surface area contributed by atoms with Gasteiger partial charge in [-0.15, -0.1) is 0 Å². The van der Waals surface area contributed by atoms with Gasteiger partial charge in [0.15, 0.2) is 0 Å². The monoisotopic (exact) mass is 201 g/mol. The highest BCUT2D eigenvalue weighted by atomic mass is 16.5. The largest absolute Gasteiger partial charge is 0.379 e. The van der Waals surface area contributed by atoms with Crippen LogP contribution in [0.15, 0.2) is 0 Å². The van der Waals surface area contributed by atoms with Gasteiger partial charge in [0, 0.05) is 13.2 Å². The third-order valence-corrected chi connectivity index (χ3v) is 2.22. The molecule has 0 aliphatic carbocycles. The van der Waals surface area contributed by atoms with E-state index in [1.54, 1.807) is 6.92 Å². The lowest BCUT2D eigenvalue weighted by Gasteiger charge is -2.27. The molecule has 0 radical (unpaired) electrons. The number of morpholine rings is 1. The second-order valence-corrected chi connectivity index (χ2v) is 3.57. The van der Waals surface area contributed by atoms with Crippen LogP contribution in [0, 0.1) is 0 Å². The van der Waals surface area contributed by atoms with Crippen LogP contribution in [0.3, 0.4) is 0 Å². The normalized spacial score (nSPS) is 27.4. The minimum atomic E-state index is -0.344. The summed E-state index contributed by atoms with van der Waals surface area (Å²) < 4.78 is 10.9. The maximum absolute atomic E-state index is 11.0. The predicted octanol–water partition coefficient (Wildman–Crippen LogP) is 0.707. The molecule has 4 nitrogen and oxygen atoms in total. The second kappa shape index (κ2) is 5.98. The van der Waals surface area contributed by atoms with Crippen LogP contribution in [0.1, 0.15) is 26.7 Å². The lowest BCUT2D eigenvalue weighted by atomic mass is 10.2. The van der Waals surface area contributed by atoms with Gasteiger partial charge in [0.1, 0.15) is 6.10 Å². The van der Waals surface area contributed by atoms with Gasteiger partial charge in [-0.2, -0.15) is 0 Å². The first-order valence-electron chi connectivity index (χ1n) is 5.25. The number of hydrogen-bond donors (Lipinski definition) is 1. The van der Waals surface area contributed by atoms with E-state index in [9.17, 15) is 4.79 Å². The first-order valence-corrected chi connectivity index (χ1v) is 5.25. The first-order chi connectivity index (χ1) is 6.74. The van der Waals surface area contributed by atoms with Crippen molar-refractivity contribution >= 4 is 5.91 Å². The minimum absolute atomic E-state index is 0.0135. The number of rotatable bonds is 5. The van der Waals surface area contributed by atoms with E-state index in [1.807, 2.05) is 0 Å². The molecule has 1 heterocycles. The molecule has 2 atom stereocenters. The average molecular weight is 201 g/mol. The van der Waals surface area contributed by atoms with Gasteiger partial charge in [-0.1, -0.05) is 13.3 Å². The van der Waals surface area contributed by atoms with Gasteiger partial charge < -0.3 is 14.8 Å². The van der Waals surface area contributed by atoms with E-state index >= 15 is 0 Å². The highest BCUT2D eigenvalue weighted by Crippen LogP contribution is 2.05. The van der Waals surface area contributed by atoms with E-state index in [1.165, 1.54) is 0 Å². The number of amides is 1. The number of carbonyl (C=O) groups is 1. The standard InChI is InChI=1S/C10H19NO3/c1-3-4-5-13-7-9-6-11-10(12)8(2)14-9/h8-9H,3-7H2,1-2H3,(H,11,12)/t8-,9-/m1/s1. The molecule has 82 valence electrons. The molecule has 14 heavy (non-hydrogen) atoms. The fourth-order valence-electron chi connectivity index (χ4n) is 1.32. The summed E-state index contributed by atoms with van der Waals surface area (Å²) in [7, 11) is 0. The van der Waals surface area contributed by atoms with Gasteiger partial charge in [-0.3, -0.25) is 4.79 Å². The van der Waals surface area contributed by atoms with Gasteiger partial charge in [0.2, 0.25) is 5.91 Å². The third kappa shape index (κ3) is 3.64.